The van der Waals surface area contributed by atoms with E-state index < -0.39 is 0 Å². The summed E-state index contributed by atoms with van der Waals surface area (Å²) in [6.07, 6.45) is 3.84. The minimum atomic E-state index is -0.188. The van der Waals surface area contributed by atoms with Crippen LogP contribution in [0.15, 0.2) is 36.9 Å². The summed E-state index contributed by atoms with van der Waals surface area (Å²) >= 11 is 0. The fraction of sp³-hybridized carbons (Fsp3) is 0.385. The van der Waals surface area contributed by atoms with Gasteiger partial charge < -0.3 is 5.32 Å². The van der Waals surface area contributed by atoms with Crippen LogP contribution in [0.4, 0.5) is 4.39 Å². The molecule has 0 fully saturated rings. The molecule has 0 amide bonds. The number of hydrogen-bond donors (Lipinski definition) is 1. The minimum Gasteiger partial charge on any atom is -0.310 e. The first kappa shape index (κ1) is 11.9. The van der Waals surface area contributed by atoms with E-state index in [1.807, 2.05) is 18.2 Å². The second kappa shape index (κ2) is 6.36. The Morgan fingerprint density at radius 1 is 1.40 bits per heavy atom. The molecule has 1 atom stereocenters. The smallest absolute Gasteiger partial charge is 0.123 e. The van der Waals surface area contributed by atoms with E-state index in [2.05, 4.69) is 18.8 Å². The molecule has 0 radical (unpaired) electrons. The zero-order chi connectivity index (χ0) is 11.1. The third-order valence-electron chi connectivity index (χ3n) is 2.32. The van der Waals surface area contributed by atoms with Crippen LogP contribution in [0.3, 0.4) is 0 Å². The molecule has 15 heavy (non-hydrogen) atoms. The molecule has 0 spiro atoms. The molecule has 0 saturated heterocycles. The Kier molecular flexibility index (Phi) is 5.05. The lowest BCUT2D eigenvalue weighted by Gasteiger charge is -2.17. The Hall–Kier alpha value is -1.15. The Morgan fingerprint density at radius 3 is 2.60 bits per heavy atom. The molecule has 1 aromatic rings. The molecule has 0 saturated carbocycles. The molecule has 1 N–H and O–H groups in total. The Balaban J connectivity index is 2.69. The number of rotatable bonds is 6. The van der Waals surface area contributed by atoms with Crippen LogP contribution in [0.5, 0.6) is 0 Å². The molecule has 0 heterocycles. The summed E-state index contributed by atoms with van der Waals surface area (Å²) in [4.78, 5) is 0. The maximum atomic E-state index is 12.7. The van der Waals surface area contributed by atoms with Crippen molar-refractivity contribution in [2.75, 3.05) is 6.54 Å². The van der Waals surface area contributed by atoms with Crippen molar-refractivity contribution in [3.8, 4) is 0 Å². The van der Waals surface area contributed by atoms with Crippen LogP contribution in [0.1, 0.15) is 31.4 Å². The fourth-order valence-corrected chi connectivity index (χ4v) is 1.52. The molecule has 1 unspecified atom stereocenters. The predicted octanol–water partition coefficient (Wildman–Crippen LogP) is 3.44. The minimum absolute atomic E-state index is 0.188. The maximum Gasteiger partial charge on any atom is 0.123 e. The van der Waals surface area contributed by atoms with Crippen LogP contribution in [0.2, 0.25) is 0 Å². The van der Waals surface area contributed by atoms with Gasteiger partial charge in [-0.2, -0.15) is 0 Å². The van der Waals surface area contributed by atoms with E-state index in [1.54, 1.807) is 0 Å². The van der Waals surface area contributed by atoms with Crippen molar-refractivity contribution in [1.82, 2.24) is 5.32 Å². The van der Waals surface area contributed by atoms with Gasteiger partial charge in [-0.3, -0.25) is 0 Å². The van der Waals surface area contributed by atoms with E-state index in [0.717, 1.165) is 24.9 Å². The third-order valence-corrected chi connectivity index (χ3v) is 2.32. The van der Waals surface area contributed by atoms with E-state index in [-0.39, 0.29) is 11.9 Å². The van der Waals surface area contributed by atoms with Crippen molar-refractivity contribution in [3.05, 3.63) is 48.3 Å². The van der Waals surface area contributed by atoms with E-state index in [4.69, 9.17) is 0 Å². The monoisotopic (exact) mass is 207 g/mol. The highest BCUT2D eigenvalue weighted by Gasteiger charge is 2.07. The molecule has 0 aliphatic heterocycles. The van der Waals surface area contributed by atoms with Crippen molar-refractivity contribution in [2.45, 2.75) is 25.8 Å². The molecule has 2 heteroatoms. The van der Waals surface area contributed by atoms with Gasteiger partial charge in [-0.25, -0.2) is 4.39 Å². The highest BCUT2D eigenvalue weighted by molar-refractivity contribution is 5.20. The second-order valence-corrected chi connectivity index (χ2v) is 3.58. The molecule has 1 rings (SSSR count). The first-order chi connectivity index (χ1) is 7.27. The van der Waals surface area contributed by atoms with Crippen molar-refractivity contribution in [2.24, 2.45) is 0 Å². The van der Waals surface area contributed by atoms with Gasteiger partial charge >= 0.3 is 0 Å². The number of benzene rings is 1. The van der Waals surface area contributed by atoms with Gasteiger partial charge in [-0.1, -0.05) is 25.1 Å². The molecule has 1 nitrogen and oxygen atoms in total. The topological polar surface area (TPSA) is 12.0 Å². The zero-order valence-electron chi connectivity index (χ0n) is 9.17. The molecular formula is C13H18FN. The standard InChI is InChI=1S/C13H18FN/c1-3-5-13(15-10-4-2)11-6-8-12(14)9-7-11/h3,6-9,13,15H,1,4-5,10H2,2H3. The van der Waals surface area contributed by atoms with E-state index >= 15 is 0 Å². The first-order valence-corrected chi connectivity index (χ1v) is 5.37. The second-order valence-electron chi connectivity index (χ2n) is 3.58. The lowest BCUT2D eigenvalue weighted by Crippen LogP contribution is -2.21. The van der Waals surface area contributed by atoms with Crippen LogP contribution < -0.4 is 5.32 Å². The van der Waals surface area contributed by atoms with Gasteiger partial charge in [0.2, 0.25) is 0 Å². The van der Waals surface area contributed by atoms with Crippen molar-refractivity contribution in [1.29, 1.82) is 0 Å². The summed E-state index contributed by atoms with van der Waals surface area (Å²) in [5, 5.41) is 3.41. The van der Waals surface area contributed by atoms with Gasteiger partial charge in [0.05, 0.1) is 0 Å². The highest BCUT2D eigenvalue weighted by Crippen LogP contribution is 2.17. The van der Waals surface area contributed by atoms with E-state index in [9.17, 15) is 4.39 Å². The predicted molar refractivity (Wildman–Crippen MR) is 62.2 cm³/mol. The van der Waals surface area contributed by atoms with Crippen LogP contribution in [-0.2, 0) is 0 Å². The van der Waals surface area contributed by atoms with Crippen molar-refractivity contribution >= 4 is 0 Å². The highest BCUT2D eigenvalue weighted by atomic mass is 19.1. The summed E-state index contributed by atoms with van der Waals surface area (Å²) in [6.45, 7) is 6.83. The van der Waals surface area contributed by atoms with Crippen LogP contribution in [0, 0.1) is 5.82 Å². The zero-order valence-corrected chi connectivity index (χ0v) is 9.17. The first-order valence-electron chi connectivity index (χ1n) is 5.37. The van der Waals surface area contributed by atoms with Crippen LogP contribution >= 0.6 is 0 Å². The Bertz CT molecular complexity index is 292. The SMILES string of the molecule is C=CCC(NCCC)c1ccc(F)cc1. The lowest BCUT2D eigenvalue weighted by atomic mass is 10.0. The summed E-state index contributed by atoms with van der Waals surface area (Å²) < 4.78 is 12.7. The average Bonchev–Trinajstić information content (AvgIpc) is 2.25. The molecule has 0 aromatic heterocycles. The van der Waals surface area contributed by atoms with Crippen molar-refractivity contribution in [3.63, 3.8) is 0 Å². The number of hydrogen-bond acceptors (Lipinski definition) is 1. The molecule has 82 valence electrons. The normalized spacial score (nSPS) is 12.4. The number of nitrogens with one attached hydrogen (secondary N) is 1. The summed E-state index contributed by atoms with van der Waals surface area (Å²) in [5.74, 6) is -0.188. The van der Waals surface area contributed by atoms with Gasteiger partial charge in [0.25, 0.3) is 0 Å². The van der Waals surface area contributed by atoms with Crippen LogP contribution in [-0.4, -0.2) is 6.54 Å². The van der Waals surface area contributed by atoms with Gasteiger partial charge in [0, 0.05) is 6.04 Å². The Morgan fingerprint density at radius 2 is 2.07 bits per heavy atom. The van der Waals surface area contributed by atoms with Gasteiger partial charge in [0.15, 0.2) is 0 Å². The van der Waals surface area contributed by atoms with E-state index in [1.165, 1.54) is 12.1 Å². The lowest BCUT2D eigenvalue weighted by molar-refractivity contribution is 0.535. The fourth-order valence-electron chi connectivity index (χ4n) is 1.52. The average molecular weight is 207 g/mol. The maximum absolute atomic E-state index is 12.7. The molecule has 0 bridgehead atoms. The third kappa shape index (κ3) is 3.84. The molecular weight excluding hydrogens is 189 g/mol. The summed E-state index contributed by atoms with van der Waals surface area (Å²) in [5.41, 5.74) is 1.12. The van der Waals surface area contributed by atoms with Gasteiger partial charge in [0.1, 0.15) is 5.82 Å². The molecule has 0 aliphatic rings. The van der Waals surface area contributed by atoms with Gasteiger partial charge in [-0.15, -0.1) is 6.58 Å². The summed E-state index contributed by atoms with van der Waals surface area (Å²) in [6, 6.07) is 6.90. The number of halogens is 1. The quantitative estimate of drug-likeness (QED) is 0.704. The van der Waals surface area contributed by atoms with Crippen molar-refractivity contribution < 1.29 is 4.39 Å². The van der Waals surface area contributed by atoms with Crippen LogP contribution in [0.25, 0.3) is 0 Å². The molecule has 1 aromatic carbocycles. The Labute approximate surface area is 91.0 Å². The van der Waals surface area contributed by atoms with E-state index in [0.29, 0.717) is 0 Å². The van der Waals surface area contributed by atoms with Gasteiger partial charge in [-0.05, 0) is 37.1 Å². The largest absolute Gasteiger partial charge is 0.310 e. The molecule has 0 aliphatic carbocycles. The summed E-state index contributed by atoms with van der Waals surface area (Å²) in [7, 11) is 0.